The highest BCUT2D eigenvalue weighted by Crippen LogP contribution is 2.08. The van der Waals surface area contributed by atoms with Crippen LogP contribution in [0.1, 0.15) is 44.9 Å². The normalized spacial score (nSPS) is 10.6. The van der Waals surface area contributed by atoms with Gasteiger partial charge in [-0.15, -0.1) is 17.7 Å². The molecule has 0 fully saturated rings. The number of carboxylic acids is 1. The van der Waals surface area contributed by atoms with Crippen molar-refractivity contribution in [2.24, 2.45) is 0 Å². The molecule has 0 saturated heterocycles. The average Bonchev–Trinajstić information content (AvgIpc) is 2.68. The number of rotatable bonds is 9. The Morgan fingerprint density at radius 3 is 2.41 bits per heavy atom. The SMILES string of the molecule is O=C(O)CCCCCCCCn1nnnc1S. The number of aryl methyl sites for hydroxylation is 1. The van der Waals surface area contributed by atoms with E-state index in [2.05, 4.69) is 28.2 Å². The lowest BCUT2D eigenvalue weighted by Crippen LogP contribution is -2.01. The van der Waals surface area contributed by atoms with E-state index in [0.717, 1.165) is 45.1 Å². The summed E-state index contributed by atoms with van der Waals surface area (Å²) in [6.07, 6.45) is 6.42. The summed E-state index contributed by atoms with van der Waals surface area (Å²) in [6.45, 7) is 0.793. The van der Waals surface area contributed by atoms with Crippen molar-refractivity contribution in [2.45, 2.75) is 56.6 Å². The van der Waals surface area contributed by atoms with Crippen LogP contribution < -0.4 is 0 Å². The highest BCUT2D eigenvalue weighted by molar-refractivity contribution is 7.80. The fraction of sp³-hybridized carbons (Fsp3) is 0.800. The average molecular weight is 258 g/mol. The van der Waals surface area contributed by atoms with Crippen LogP contribution >= 0.6 is 12.6 Å². The van der Waals surface area contributed by atoms with Crippen molar-refractivity contribution in [1.29, 1.82) is 0 Å². The number of hydrogen-bond acceptors (Lipinski definition) is 5. The van der Waals surface area contributed by atoms with Crippen molar-refractivity contribution in [2.75, 3.05) is 0 Å². The first-order valence-corrected chi connectivity index (χ1v) is 6.32. The molecule has 7 heteroatoms. The molecule has 0 aliphatic rings. The Labute approximate surface area is 106 Å². The van der Waals surface area contributed by atoms with Crippen LogP contribution in [0.25, 0.3) is 0 Å². The maximum atomic E-state index is 10.3. The zero-order valence-electron chi connectivity index (χ0n) is 9.75. The second-order valence-electron chi connectivity index (χ2n) is 3.97. The molecule has 0 bridgehead atoms. The van der Waals surface area contributed by atoms with Gasteiger partial charge < -0.3 is 5.11 Å². The van der Waals surface area contributed by atoms with E-state index in [9.17, 15) is 4.79 Å². The van der Waals surface area contributed by atoms with E-state index in [0.29, 0.717) is 5.16 Å². The number of aliphatic carboxylic acids is 1. The molecule has 0 aromatic carbocycles. The van der Waals surface area contributed by atoms with Crippen LogP contribution in [0.5, 0.6) is 0 Å². The second kappa shape index (κ2) is 8.05. The zero-order valence-corrected chi connectivity index (χ0v) is 10.6. The number of hydrogen-bond donors (Lipinski definition) is 2. The lowest BCUT2D eigenvalue weighted by molar-refractivity contribution is -0.137. The molecular formula is C10H18N4O2S. The molecule has 1 N–H and O–H groups in total. The van der Waals surface area contributed by atoms with Crippen molar-refractivity contribution in [3.05, 3.63) is 0 Å². The quantitative estimate of drug-likeness (QED) is 0.521. The smallest absolute Gasteiger partial charge is 0.303 e. The minimum atomic E-state index is -0.704. The van der Waals surface area contributed by atoms with Crippen molar-refractivity contribution < 1.29 is 9.90 Å². The highest BCUT2D eigenvalue weighted by Gasteiger charge is 2.00. The van der Waals surface area contributed by atoms with Crippen LogP contribution in [0.3, 0.4) is 0 Å². The van der Waals surface area contributed by atoms with Gasteiger partial charge in [-0.1, -0.05) is 25.7 Å². The third kappa shape index (κ3) is 6.25. The molecule has 0 amide bonds. The molecular weight excluding hydrogens is 240 g/mol. The van der Waals surface area contributed by atoms with Crippen molar-refractivity contribution in [1.82, 2.24) is 20.2 Å². The lowest BCUT2D eigenvalue weighted by Gasteiger charge is -2.01. The number of nitrogens with zero attached hydrogens (tertiary/aromatic N) is 4. The van der Waals surface area contributed by atoms with E-state index >= 15 is 0 Å². The Morgan fingerprint density at radius 1 is 1.18 bits per heavy atom. The van der Waals surface area contributed by atoms with Crippen LogP contribution in [-0.4, -0.2) is 31.3 Å². The third-order valence-electron chi connectivity index (χ3n) is 2.52. The molecule has 0 aliphatic heterocycles. The predicted molar refractivity (Wildman–Crippen MR) is 65.0 cm³/mol. The molecule has 0 unspecified atom stereocenters. The number of tetrazole rings is 1. The van der Waals surface area contributed by atoms with E-state index in [4.69, 9.17) is 5.11 Å². The van der Waals surface area contributed by atoms with Crippen molar-refractivity contribution >= 4 is 18.6 Å². The molecule has 0 spiro atoms. The van der Waals surface area contributed by atoms with Crippen LogP contribution in [0.2, 0.25) is 0 Å². The van der Waals surface area contributed by atoms with Crippen LogP contribution in [0.15, 0.2) is 5.16 Å². The van der Waals surface area contributed by atoms with Crippen molar-refractivity contribution in [3.63, 3.8) is 0 Å². The molecule has 96 valence electrons. The molecule has 0 atom stereocenters. The summed E-state index contributed by atoms with van der Waals surface area (Å²) < 4.78 is 1.67. The maximum absolute atomic E-state index is 10.3. The Morgan fingerprint density at radius 2 is 1.82 bits per heavy atom. The summed E-state index contributed by atoms with van der Waals surface area (Å²) in [4.78, 5) is 10.3. The molecule has 0 radical (unpaired) electrons. The Kier molecular flexibility index (Phi) is 6.61. The summed E-state index contributed by atoms with van der Waals surface area (Å²) in [5.41, 5.74) is 0. The van der Waals surface area contributed by atoms with Gasteiger partial charge in [-0.2, -0.15) is 0 Å². The summed E-state index contributed by atoms with van der Waals surface area (Å²) in [5.74, 6) is -0.704. The fourth-order valence-electron chi connectivity index (χ4n) is 1.59. The lowest BCUT2D eigenvalue weighted by atomic mass is 10.1. The highest BCUT2D eigenvalue weighted by atomic mass is 32.1. The van der Waals surface area contributed by atoms with Crippen LogP contribution in [0.4, 0.5) is 0 Å². The van der Waals surface area contributed by atoms with E-state index in [1.165, 1.54) is 0 Å². The molecule has 17 heavy (non-hydrogen) atoms. The minimum absolute atomic E-state index is 0.285. The first kappa shape index (κ1) is 14.0. The zero-order chi connectivity index (χ0) is 12.5. The Bertz CT molecular complexity index is 343. The van der Waals surface area contributed by atoms with E-state index in [1.54, 1.807) is 4.68 Å². The molecule has 0 saturated carbocycles. The van der Waals surface area contributed by atoms with Gasteiger partial charge in [0.05, 0.1) is 0 Å². The van der Waals surface area contributed by atoms with E-state index in [-0.39, 0.29) is 6.42 Å². The van der Waals surface area contributed by atoms with Gasteiger partial charge in [-0.05, 0) is 23.3 Å². The van der Waals surface area contributed by atoms with Gasteiger partial charge in [0.25, 0.3) is 0 Å². The Hall–Kier alpha value is -1.11. The summed E-state index contributed by atoms with van der Waals surface area (Å²) in [6, 6.07) is 0. The largest absolute Gasteiger partial charge is 0.481 e. The number of carbonyl (C=O) groups is 1. The van der Waals surface area contributed by atoms with Crippen LogP contribution in [0, 0.1) is 0 Å². The molecule has 1 aromatic heterocycles. The molecule has 1 rings (SSSR count). The molecule has 6 nitrogen and oxygen atoms in total. The number of aromatic nitrogens is 4. The molecule has 0 aliphatic carbocycles. The first-order chi connectivity index (χ1) is 8.20. The van der Waals surface area contributed by atoms with Crippen LogP contribution in [-0.2, 0) is 11.3 Å². The van der Waals surface area contributed by atoms with Gasteiger partial charge in [0.15, 0.2) is 0 Å². The molecule has 1 heterocycles. The topological polar surface area (TPSA) is 80.9 Å². The van der Waals surface area contributed by atoms with E-state index in [1.807, 2.05) is 0 Å². The summed E-state index contributed by atoms with van der Waals surface area (Å²) in [5, 5.41) is 20.0. The minimum Gasteiger partial charge on any atom is -0.481 e. The third-order valence-corrected chi connectivity index (χ3v) is 2.84. The van der Waals surface area contributed by atoms with Gasteiger partial charge in [-0.3, -0.25) is 4.79 Å². The number of unbranched alkanes of at least 4 members (excludes halogenated alkanes) is 5. The fourth-order valence-corrected chi connectivity index (χ4v) is 1.77. The molecule has 1 aromatic rings. The van der Waals surface area contributed by atoms with Crippen molar-refractivity contribution in [3.8, 4) is 0 Å². The number of carboxylic acid groups (broad SMARTS) is 1. The monoisotopic (exact) mass is 258 g/mol. The maximum Gasteiger partial charge on any atom is 0.303 e. The summed E-state index contributed by atoms with van der Waals surface area (Å²) >= 11 is 4.11. The predicted octanol–water partition coefficient (Wildman–Crippen LogP) is 1.78. The standard InChI is InChI=1S/C10H18N4O2S/c15-9(16)7-5-3-1-2-4-6-8-14-10(17)11-12-13-14/h1-8H2,(H,15,16)(H,11,13,17). The first-order valence-electron chi connectivity index (χ1n) is 5.87. The van der Waals surface area contributed by atoms with Gasteiger partial charge in [-0.25, -0.2) is 4.68 Å². The van der Waals surface area contributed by atoms with Gasteiger partial charge >= 0.3 is 5.97 Å². The Balaban J connectivity index is 1.91. The second-order valence-corrected chi connectivity index (χ2v) is 4.37. The van der Waals surface area contributed by atoms with Gasteiger partial charge in [0.2, 0.25) is 5.16 Å². The van der Waals surface area contributed by atoms with Gasteiger partial charge in [0, 0.05) is 13.0 Å². The van der Waals surface area contributed by atoms with E-state index < -0.39 is 5.97 Å². The summed E-state index contributed by atoms with van der Waals surface area (Å²) in [7, 11) is 0. The van der Waals surface area contributed by atoms with Gasteiger partial charge in [0.1, 0.15) is 0 Å². The number of thiol groups is 1.